The highest BCUT2D eigenvalue weighted by Crippen LogP contribution is 2.28. The number of nitrogens with two attached hydrogens (primary N) is 1. The number of fused-ring (bicyclic) bond motifs is 1. The minimum atomic E-state index is 0.538. The molecule has 2 aromatic heterocycles. The van der Waals surface area contributed by atoms with E-state index >= 15 is 0 Å². The van der Waals surface area contributed by atoms with Gasteiger partial charge in [0.15, 0.2) is 0 Å². The molecule has 2 heterocycles. The van der Waals surface area contributed by atoms with E-state index in [1.54, 1.807) is 0 Å². The standard InChI is InChI=1S/C11H9N3O/c12-10-8-6-9(15-11(8)14-13-10)7-4-2-1-3-5-7/h1-6H,(H3,12,13,14). The van der Waals surface area contributed by atoms with Gasteiger partial charge in [0.05, 0.1) is 5.39 Å². The number of nitrogen functional groups attached to an aromatic ring is 1. The largest absolute Gasteiger partial charge is 0.436 e. The van der Waals surface area contributed by atoms with Gasteiger partial charge in [0.2, 0.25) is 5.71 Å². The van der Waals surface area contributed by atoms with E-state index in [-0.39, 0.29) is 0 Å². The molecule has 0 bridgehead atoms. The van der Waals surface area contributed by atoms with Crippen LogP contribution in [-0.2, 0) is 0 Å². The van der Waals surface area contributed by atoms with Gasteiger partial charge in [-0.3, -0.25) is 5.10 Å². The summed E-state index contributed by atoms with van der Waals surface area (Å²) in [7, 11) is 0. The van der Waals surface area contributed by atoms with E-state index < -0.39 is 0 Å². The van der Waals surface area contributed by atoms with Crippen LogP contribution in [-0.4, -0.2) is 10.2 Å². The van der Waals surface area contributed by atoms with Gasteiger partial charge >= 0.3 is 0 Å². The lowest BCUT2D eigenvalue weighted by atomic mass is 10.2. The van der Waals surface area contributed by atoms with Gasteiger partial charge in [0, 0.05) is 5.56 Å². The number of aromatic nitrogens is 2. The molecule has 0 radical (unpaired) electrons. The second-order valence-corrected chi connectivity index (χ2v) is 3.33. The first-order chi connectivity index (χ1) is 7.34. The van der Waals surface area contributed by atoms with Gasteiger partial charge in [0.1, 0.15) is 11.6 Å². The predicted molar refractivity (Wildman–Crippen MR) is 58.2 cm³/mol. The Labute approximate surface area is 85.7 Å². The average molecular weight is 199 g/mol. The van der Waals surface area contributed by atoms with E-state index in [1.165, 1.54) is 0 Å². The molecule has 3 aromatic rings. The first-order valence-electron chi connectivity index (χ1n) is 4.63. The third-order valence-corrected chi connectivity index (χ3v) is 2.34. The molecule has 15 heavy (non-hydrogen) atoms. The van der Waals surface area contributed by atoms with Gasteiger partial charge in [-0.1, -0.05) is 30.3 Å². The van der Waals surface area contributed by atoms with Crippen molar-refractivity contribution in [1.29, 1.82) is 0 Å². The van der Waals surface area contributed by atoms with Crippen LogP contribution in [0.2, 0.25) is 0 Å². The third kappa shape index (κ3) is 1.19. The highest BCUT2D eigenvalue weighted by Gasteiger charge is 2.10. The minimum Gasteiger partial charge on any atom is -0.436 e. The van der Waals surface area contributed by atoms with Crippen molar-refractivity contribution in [2.24, 2.45) is 0 Å². The van der Waals surface area contributed by atoms with Crippen LogP contribution in [0.3, 0.4) is 0 Å². The zero-order valence-electron chi connectivity index (χ0n) is 7.90. The van der Waals surface area contributed by atoms with Crippen molar-refractivity contribution in [3.8, 4) is 11.3 Å². The molecule has 74 valence electrons. The first-order valence-corrected chi connectivity index (χ1v) is 4.63. The third-order valence-electron chi connectivity index (χ3n) is 2.34. The lowest BCUT2D eigenvalue weighted by molar-refractivity contribution is 0.614. The van der Waals surface area contributed by atoms with Gasteiger partial charge in [-0.15, -0.1) is 5.10 Å². The number of nitrogens with zero attached hydrogens (tertiary/aromatic N) is 1. The Morgan fingerprint density at radius 1 is 1.20 bits per heavy atom. The fourth-order valence-corrected chi connectivity index (χ4v) is 1.57. The number of anilines is 1. The molecular weight excluding hydrogens is 190 g/mol. The topological polar surface area (TPSA) is 67.8 Å². The van der Waals surface area contributed by atoms with Crippen LogP contribution in [0.1, 0.15) is 0 Å². The molecule has 0 unspecified atom stereocenters. The number of furan rings is 1. The predicted octanol–water partition coefficient (Wildman–Crippen LogP) is 2.41. The molecule has 0 atom stereocenters. The fraction of sp³-hybridized carbons (Fsp3) is 0. The maximum atomic E-state index is 5.69. The van der Waals surface area contributed by atoms with Crippen LogP contribution in [0.15, 0.2) is 40.8 Å². The Balaban J connectivity index is 2.20. The maximum Gasteiger partial charge on any atom is 0.247 e. The van der Waals surface area contributed by atoms with Crippen LogP contribution in [0.5, 0.6) is 0 Å². The first kappa shape index (κ1) is 8.11. The normalized spacial score (nSPS) is 10.9. The molecule has 0 amide bonds. The molecule has 3 rings (SSSR count). The summed E-state index contributed by atoms with van der Waals surface area (Å²) in [6.07, 6.45) is 0. The Kier molecular flexibility index (Phi) is 1.56. The van der Waals surface area contributed by atoms with E-state index in [0.717, 1.165) is 16.7 Å². The monoisotopic (exact) mass is 199 g/mol. The zero-order valence-corrected chi connectivity index (χ0v) is 7.90. The second kappa shape index (κ2) is 2.88. The number of H-pyrrole nitrogens is 1. The molecule has 1 aromatic carbocycles. The van der Waals surface area contributed by atoms with Crippen molar-refractivity contribution < 1.29 is 4.42 Å². The van der Waals surface area contributed by atoms with Crippen LogP contribution in [0.25, 0.3) is 22.4 Å². The second-order valence-electron chi connectivity index (χ2n) is 3.33. The Bertz CT molecular complexity index is 595. The number of benzene rings is 1. The molecule has 0 saturated heterocycles. The number of rotatable bonds is 1. The minimum absolute atomic E-state index is 0.538. The number of nitrogens with one attached hydrogen (secondary N) is 1. The van der Waals surface area contributed by atoms with E-state index in [0.29, 0.717) is 11.5 Å². The summed E-state index contributed by atoms with van der Waals surface area (Å²) in [5.41, 5.74) is 7.26. The molecule has 4 nitrogen and oxygen atoms in total. The number of aromatic amines is 1. The fourth-order valence-electron chi connectivity index (χ4n) is 1.57. The van der Waals surface area contributed by atoms with Gasteiger partial charge in [0.25, 0.3) is 0 Å². The quantitative estimate of drug-likeness (QED) is 0.632. The highest BCUT2D eigenvalue weighted by atomic mass is 16.3. The molecule has 4 heteroatoms. The van der Waals surface area contributed by atoms with E-state index in [9.17, 15) is 0 Å². The van der Waals surface area contributed by atoms with Gasteiger partial charge in [-0.05, 0) is 6.07 Å². The summed E-state index contributed by atoms with van der Waals surface area (Å²) in [6.45, 7) is 0. The Morgan fingerprint density at radius 2 is 2.00 bits per heavy atom. The van der Waals surface area contributed by atoms with Crippen LogP contribution in [0.4, 0.5) is 5.82 Å². The molecule has 0 fully saturated rings. The maximum absolute atomic E-state index is 5.69. The van der Waals surface area contributed by atoms with Crippen molar-refractivity contribution in [3.63, 3.8) is 0 Å². The summed E-state index contributed by atoms with van der Waals surface area (Å²) >= 11 is 0. The van der Waals surface area contributed by atoms with Crippen LogP contribution >= 0.6 is 0 Å². The lowest BCUT2D eigenvalue weighted by Gasteiger charge is -1.93. The molecule has 0 aliphatic heterocycles. The number of hydrogen-bond donors (Lipinski definition) is 2. The van der Waals surface area contributed by atoms with Crippen LogP contribution in [0, 0.1) is 0 Å². The van der Waals surface area contributed by atoms with Gasteiger partial charge in [-0.25, -0.2) is 0 Å². The van der Waals surface area contributed by atoms with Crippen molar-refractivity contribution in [2.45, 2.75) is 0 Å². The summed E-state index contributed by atoms with van der Waals surface area (Å²) in [5, 5.41) is 7.44. The smallest absolute Gasteiger partial charge is 0.247 e. The van der Waals surface area contributed by atoms with Crippen molar-refractivity contribution >= 4 is 16.9 Å². The Morgan fingerprint density at radius 3 is 2.73 bits per heavy atom. The average Bonchev–Trinajstić information content (AvgIpc) is 2.83. The van der Waals surface area contributed by atoms with Crippen molar-refractivity contribution in [1.82, 2.24) is 10.2 Å². The molecule has 3 N–H and O–H groups in total. The summed E-state index contributed by atoms with van der Waals surface area (Å²) in [5.74, 6) is 1.32. The van der Waals surface area contributed by atoms with Crippen LogP contribution < -0.4 is 5.73 Å². The molecule has 0 spiro atoms. The highest BCUT2D eigenvalue weighted by molar-refractivity contribution is 5.88. The summed E-state index contributed by atoms with van der Waals surface area (Å²) in [4.78, 5) is 0. The molecule has 0 aliphatic rings. The van der Waals surface area contributed by atoms with E-state index in [2.05, 4.69) is 10.2 Å². The van der Waals surface area contributed by atoms with Crippen molar-refractivity contribution in [3.05, 3.63) is 36.4 Å². The van der Waals surface area contributed by atoms with Crippen molar-refractivity contribution in [2.75, 3.05) is 5.73 Å². The summed E-state index contributed by atoms with van der Waals surface area (Å²) in [6, 6.07) is 11.8. The molecular formula is C11H9N3O. The molecule has 0 saturated carbocycles. The Hall–Kier alpha value is -2.23. The zero-order chi connectivity index (χ0) is 10.3. The molecule has 0 aliphatic carbocycles. The van der Waals surface area contributed by atoms with E-state index in [1.807, 2.05) is 36.4 Å². The lowest BCUT2D eigenvalue weighted by Crippen LogP contribution is -1.83. The number of hydrogen-bond acceptors (Lipinski definition) is 3. The summed E-state index contributed by atoms with van der Waals surface area (Å²) < 4.78 is 5.55. The van der Waals surface area contributed by atoms with Gasteiger partial charge < -0.3 is 10.2 Å². The van der Waals surface area contributed by atoms with Gasteiger partial charge in [-0.2, -0.15) is 0 Å². The van der Waals surface area contributed by atoms with E-state index in [4.69, 9.17) is 10.2 Å². The SMILES string of the molecule is Nc1[nH]nc2oc(-c3ccccc3)cc12.